The van der Waals surface area contributed by atoms with Gasteiger partial charge >= 0.3 is 0 Å². The summed E-state index contributed by atoms with van der Waals surface area (Å²) >= 11 is 0. The second kappa shape index (κ2) is 6.76. The molecule has 0 saturated carbocycles. The van der Waals surface area contributed by atoms with Crippen LogP contribution in [0.5, 0.6) is 0 Å². The molecule has 0 aliphatic heterocycles. The van der Waals surface area contributed by atoms with E-state index in [1.54, 1.807) is 30.3 Å². The van der Waals surface area contributed by atoms with E-state index in [2.05, 4.69) is 9.71 Å². The van der Waals surface area contributed by atoms with Crippen LogP contribution < -0.4 is 4.72 Å². The molecule has 1 aromatic heterocycles. The zero-order valence-corrected chi connectivity index (χ0v) is 15.1. The largest absolute Gasteiger partial charge is 0.353 e. The van der Waals surface area contributed by atoms with Crippen molar-refractivity contribution < 1.29 is 12.8 Å². The SMILES string of the molecule is CC(C)=Cc1[nH]c2ccc(NS(=O)(=O)c3ccccc3)c(C=N)c2c1F. The first kappa shape index (κ1) is 17.9. The summed E-state index contributed by atoms with van der Waals surface area (Å²) in [6.07, 6.45) is 2.62. The van der Waals surface area contributed by atoms with Gasteiger partial charge in [-0.2, -0.15) is 0 Å². The summed E-state index contributed by atoms with van der Waals surface area (Å²) < 4.78 is 42.4. The number of sulfonamides is 1. The maximum Gasteiger partial charge on any atom is 0.261 e. The molecular weight excluding hydrogens is 353 g/mol. The van der Waals surface area contributed by atoms with Crippen molar-refractivity contribution in [3.63, 3.8) is 0 Å². The fourth-order valence-electron chi connectivity index (χ4n) is 2.73. The number of hydrogen-bond acceptors (Lipinski definition) is 3. The minimum absolute atomic E-state index is 0.0933. The van der Waals surface area contributed by atoms with E-state index in [4.69, 9.17) is 5.41 Å². The molecule has 1 heterocycles. The van der Waals surface area contributed by atoms with Crippen LogP contribution in [0.4, 0.5) is 10.1 Å². The minimum atomic E-state index is -3.84. The lowest BCUT2D eigenvalue weighted by atomic mass is 10.1. The minimum Gasteiger partial charge on any atom is -0.353 e. The van der Waals surface area contributed by atoms with Crippen molar-refractivity contribution in [2.24, 2.45) is 0 Å². The van der Waals surface area contributed by atoms with Crippen LogP contribution in [-0.2, 0) is 10.0 Å². The van der Waals surface area contributed by atoms with Gasteiger partial charge in [0.05, 0.1) is 16.3 Å². The molecule has 0 fully saturated rings. The molecule has 0 bridgehead atoms. The Morgan fingerprint density at radius 2 is 1.85 bits per heavy atom. The molecule has 3 aromatic rings. The molecule has 0 radical (unpaired) electrons. The Hall–Kier alpha value is -2.93. The van der Waals surface area contributed by atoms with E-state index in [-0.39, 0.29) is 21.5 Å². The highest BCUT2D eigenvalue weighted by Crippen LogP contribution is 2.31. The lowest BCUT2D eigenvalue weighted by Gasteiger charge is -2.11. The third-order valence-corrected chi connectivity index (χ3v) is 5.23. The van der Waals surface area contributed by atoms with Crippen molar-refractivity contribution in [2.45, 2.75) is 18.7 Å². The van der Waals surface area contributed by atoms with Crippen molar-refractivity contribution in [3.8, 4) is 0 Å². The Kier molecular flexibility index (Phi) is 4.65. The van der Waals surface area contributed by atoms with Gasteiger partial charge in [-0.15, -0.1) is 0 Å². The highest BCUT2D eigenvalue weighted by atomic mass is 32.2. The number of halogens is 1. The molecule has 0 unspecified atom stereocenters. The number of hydrogen-bond donors (Lipinski definition) is 3. The quantitative estimate of drug-likeness (QED) is 0.576. The lowest BCUT2D eigenvalue weighted by Crippen LogP contribution is -2.14. The van der Waals surface area contributed by atoms with E-state index >= 15 is 0 Å². The highest BCUT2D eigenvalue weighted by Gasteiger charge is 2.19. The van der Waals surface area contributed by atoms with Crippen LogP contribution in [-0.4, -0.2) is 19.6 Å². The Morgan fingerprint density at radius 3 is 2.46 bits per heavy atom. The maximum absolute atomic E-state index is 14.8. The molecule has 0 atom stereocenters. The Bertz CT molecular complexity index is 1110. The average molecular weight is 371 g/mol. The van der Waals surface area contributed by atoms with E-state index in [1.165, 1.54) is 18.2 Å². The Labute approximate surface area is 151 Å². The highest BCUT2D eigenvalue weighted by molar-refractivity contribution is 7.92. The van der Waals surface area contributed by atoms with Gasteiger partial charge in [-0.1, -0.05) is 23.8 Å². The number of rotatable bonds is 5. The standard InChI is InChI=1S/C19H18FN3O2S/c1-12(2)10-17-19(20)18-14(11-21)15(8-9-16(18)22-17)23-26(24,25)13-6-4-3-5-7-13/h3-11,21-23H,1-2H3. The van der Waals surface area contributed by atoms with Crippen molar-refractivity contribution in [3.05, 3.63) is 65.1 Å². The van der Waals surface area contributed by atoms with E-state index in [0.717, 1.165) is 11.8 Å². The topological polar surface area (TPSA) is 85.8 Å². The van der Waals surface area contributed by atoms with Gasteiger partial charge < -0.3 is 10.4 Å². The maximum atomic E-state index is 14.8. The van der Waals surface area contributed by atoms with Gasteiger partial charge in [0.25, 0.3) is 10.0 Å². The fraction of sp³-hybridized carbons (Fsp3) is 0.105. The van der Waals surface area contributed by atoms with Crippen molar-refractivity contribution in [1.82, 2.24) is 4.98 Å². The predicted octanol–water partition coefficient (Wildman–Crippen LogP) is 4.53. The number of nitrogens with one attached hydrogen (secondary N) is 3. The van der Waals surface area contributed by atoms with Crippen LogP contribution in [0.25, 0.3) is 17.0 Å². The molecular formula is C19H18FN3O2S. The zero-order chi connectivity index (χ0) is 18.9. The molecule has 26 heavy (non-hydrogen) atoms. The molecule has 0 amide bonds. The summed E-state index contributed by atoms with van der Waals surface area (Å²) in [7, 11) is -3.84. The summed E-state index contributed by atoms with van der Waals surface area (Å²) in [5.74, 6) is -0.513. The second-order valence-electron chi connectivity index (χ2n) is 6.09. The summed E-state index contributed by atoms with van der Waals surface area (Å²) in [6, 6.07) is 11.0. The number of H-pyrrole nitrogens is 1. The lowest BCUT2D eigenvalue weighted by molar-refractivity contribution is 0.601. The third kappa shape index (κ3) is 3.25. The second-order valence-corrected chi connectivity index (χ2v) is 7.77. The number of anilines is 1. The van der Waals surface area contributed by atoms with Gasteiger partial charge in [0.1, 0.15) is 0 Å². The fourth-order valence-corrected chi connectivity index (χ4v) is 3.83. The van der Waals surface area contributed by atoms with Crippen LogP contribution in [0.15, 0.2) is 52.9 Å². The van der Waals surface area contributed by atoms with Crippen LogP contribution in [0.2, 0.25) is 0 Å². The van der Waals surface area contributed by atoms with Gasteiger partial charge in [-0.05, 0) is 44.2 Å². The molecule has 2 aromatic carbocycles. The van der Waals surface area contributed by atoms with Gasteiger partial charge in [0, 0.05) is 22.7 Å². The number of aromatic amines is 1. The monoisotopic (exact) mass is 371 g/mol. The Morgan fingerprint density at radius 1 is 1.15 bits per heavy atom. The van der Waals surface area contributed by atoms with E-state index < -0.39 is 15.8 Å². The molecule has 5 nitrogen and oxygen atoms in total. The molecule has 3 N–H and O–H groups in total. The first-order valence-corrected chi connectivity index (χ1v) is 9.39. The summed E-state index contributed by atoms with van der Waals surface area (Å²) in [5.41, 5.74) is 2.03. The molecule has 0 spiro atoms. The molecule has 0 aliphatic rings. The van der Waals surface area contributed by atoms with Crippen LogP contribution in [0.1, 0.15) is 25.1 Å². The first-order valence-electron chi connectivity index (χ1n) is 7.91. The van der Waals surface area contributed by atoms with Crippen LogP contribution in [0, 0.1) is 11.2 Å². The molecule has 3 rings (SSSR count). The van der Waals surface area contributed by atoms with Crippen molar-refractivity contribution >= 4 is 38.9 Å². The molecule has 134 valence electrons. The van der Waals surface area contributed by atoms with Gasteiger partial charge in [-0.25, -0.2) is 12.8 Å². The van der Waals surface area contributed by atoms with Gasteiger partial charge in [0.15, 0.2) is 5.82 Å². The average Bonchev–Trinajstić information content (AvgIpc) is 2.91. The summed E-state index contributed by atoms with van der Waals surface area (Å²) in [5, 5.41) is 7.85. The number of allylic oxidation sites excluding steroid dienone is 1. The third-order valence-electron chi connectivity index (χ3n) is 3.85. The molecule has 0 aliphatic carbocycles. The van der Waals surface area contributed by atoms with Gasteiger partial charge in [0.2, 0.25) is 0 Å². The first-order chi connectivity index (χ1) is 12.3. The van der Waals surface area contributed by atoms with Crippen LogP contribution >= 0.6 is 0 Å². The normalized spacial score (nSPS) is 11.3. The van der Waals surface area contributed by atoms with E-state index in [1.807, 2.05) is 13.8 Å². The van der Waals surface area contributed by atoms with Crippen molar-refractivity contribution in [1.29, 1.82) is 5.41 Å². The zero-order valence-electron chi connectivity index (χ0n) is 14.3. The number of fused-ring (bicyclic) bond motifs is 1. The molecule has 7 heteroatoms. The Balaban J connectivity index is 2.14. The van der Waals surface area contributed by atoms with Gasteiger partial charge in [-0.3, -0.25) is 4.72 Å². The van der Waals surface area contributed by atoms with Crippen LogP contribution in [0.3, 0.4) is 0 Å². The molecule has 0 saturated heterocycles. The van der Waals surface area contributed by atoms with E-state index in [0.29, 0.717) is 11.2 Å². The summed E-state index contributed by atoms with van der Waals surface area (Å²) in [4.78, 5) is 3.05. The predicted molar refractivity (Wildman–Crippen MR) is 103 cm³/mol. The smallest absolute Gasteiger partial charge is 0.261 e. The number of benzene rings is 2. The van der Waals surface area contributed by atoms with E-state index in [9.17, 15) is 12.8 Å². The number of aromatic nitrogens is 1. The van der Waals surface area contributed by atoms with Crippen molar-refractivity contribution in [2.75, 3.05) is 4.72 Å². The summed E-state index contributed by atoms with van der Waals surface area (Å²) in [6.45, 7) is 3.70.